The molecule has 0 atom stereocenters. The number of ether oxygens (including phenoxy) is 3. The zero-order chi connectivity index (χ0) is 15.9. The minimum absolute atomic E-state index is 0.309. The van der Waals surface area contributed by atoms with Gasteiger partial charge in [-0.3, -0.25) is 5.32 Å². The van der Waals surface area contributed by atoms with Crippen LogP contribution in [0.5, 0.6) is 5.75 Å². The number of nitrogens with one attached hydrogen (secondary N) is 1. The fourth-order valence-corrected chi connectivity index (χ4v) is 1.48. The third-order valence-corrected chi connectivity index (χ3v) is 2.30. The molecule has 0 spiro atoms. The summed E-state index contributed by atoms with van der Waals surface area (Å²) in [5.74, 6) is 6.44. The lowest BCUT2D eigenvalue weighted by Gasteiger charge is -2.20. The maximum Gasteiger partial charge on any atom is 0.412 e. The molecule has 0 unspecified atom stereocenters. The Kier molecular flexibility index (Phi) is 6.07. The van der Waals surface area contributed by atoms with Gasteiger partial charge in [0.05, 0.1) is 18.4 Å². The van der Waals surface area contributed by atoms with Gasteiger partial charge in [-0.25, -0.2) is 4.79 Å². The fraction of sp³-hybridized carbons (Fsp3) is 0.438. The van der Waals surface area contributed by atoms with Crippen LogP contribution in [0.4, 0.5) is 10.5 Å². The minimum atomic E-state index is -0.557. The predicted molar refractivity (Wildman–Crippen MR) is 81.6 cm³/mol. The third kappa shape index (κ3) is 6.19. The standard InChI is InChI=1S/C16H21NO4/c1-16(2,3)21-15(18)17-14-9-8-13(20-5)11-12(14)7-6-10-19-4/h8-9,11H,10H2,1-5H3,(H,17,18). The van der Waals surface area contributed by atoms with E-state index in [1.165, 1.54) is 0 Å². The van der Waals surface area contributed by atoms with Gasteiger partial charge in [0.15, 0.2) is 0 Å². The molecule has 1 rings (SSSR count). The van der Waals surface area contributed by atoms with Crippen LogP contribution >= 0.6 is 0 Å². The van der Waals surface area contributed by atoms with Crippen LogP contribution in [-0.2, 0) is 9.47 Å². The van der Waals surface area contributed by atoms with Gasteiger partial charge in [0.1, 0.15) is 18.0 Å². The summed E-state index contributed by atoms with van der Waals surface area (Å²) in [4.78, 5) is 11.8. The molecule has 0 aliphatic carbocycles. The number of rotatable bonds is 3. The summed E-state index contributed by atoms with van der Waals surface area (Å²) in [7, 11) is 3.14. The van der Waals surface area contributed by atoms with E-state index in [1.807, 2.05) is 0 Å². The van der Waals surface area contributed by atoms with Crippen molar-refractivity contribution in [3.05, 3.63) is 23.8 Å². The number of amides is 1. The van der Waals surface area contributed by atoms with Crippen LogP contribution in [0, 0.1) is 11.8 Å². The van der Waals surface area contributed by atoms with Gasteiger partial charge in [0, 0.05) is 7.11 Å². The van der Waals surface area contributed by atoms with Crippen molar-refractivity contribution in [1.29, 1.82) is 0 Å². The Hall–Kier alpha value is -2.19. The second-order valence-corrected chi connectivity index (χ2v) is 5.27. The Morgan fingerprint density at radius 3 is 2.57 bits per heavy atom. The van der Waals surface area contributed by atoms with Crippen LogP contribution in [0.3, 0.4) is 0 Å². The number of methoxy groups -OCH3 is 2. The van der Waals surface area contributed by atoms with Crippen LogP contribution in [-0.4, -0.2) is 32.5 Å². The van der Waals surface area contributed by atoms with Crippen molar-refractivity contribution in [3.8, 4) is 17.6 Å². The SMILES string of the molecule is COCC#Cc1cc(OC)ccc1NC(=O)OC(C)(C)C. The molecule has 1 aromatic carbocycles. The summed E-state index contributed by atoms with van der Waals surface area (Å²) in [6, 6.07) is 5.21. The minimum Gasteiger partial charge on any atom is -0.497 e. The van der Waals surface area contributed by atoms with Crippen molar-refractivity contribution >= 4 is 11.8 Å². The lowest BCUT2D eigenvalue weighted by Crippen LogP contribution is -2.27. The molecule has 0 saturated carbocycles. The van der Waals surface area contributed by atoms with Crippen LogP contribution in [0.15, 0.2) is 18.2 Å². The van der Waals surface area contributed by atoms with Crippen LogP contribution in [0.25, 0.3) is 0 Å². The Balaban J connectivity index is 2.95. The number of hydrogen-bond donors (Lipinski definition) is 1. The van der Waals surface area contributed by atoms with Gasteiger partial charge in [-0.15, -0.1) is 0 Å². The Labute approximate surface area is 125 Å². The molecule has 1 aromatic rings. The summed E-state index contributed by atoms with van der Waals surface area (Å²) in [5.41, 5.74) is 0.643. The highest BCUT2D eigenvalue weighted by atomic mass is 16.6. The van der Waals surface area contributed by atoms with Gasteiger partial charge in [0.2, 0.25) is 0 Å². The lowest BCUT2D eigenvalue weighted by molar-refractivity contribution is 0.0636. The molecule has 0 aliphatic rings. The summed E-state index contributed by atoms with van der Waals surface area (Å²) >= 11 is 0. The summed E-state index contributed by atoms with van der Waals surface area (Å²) in [6.07, 6.45) is -0.526. The largest absolute Gasteiger partial charge is 0.497 e. The smallest absolute Gasteiger partial charge is 0.412 e. The molecule has 0 heterocycles. The van der Waals surface area contributed by atoms with Crippen LogP contribution < -0.4 is 10.1 Å². The maximum atomic E-state index is 11.8. The van der Waals surface area contributed by atoms with E-state index in [-0.39, 0.29) is 0 Å². The van der Waals surface area contributed by atoms with Gasteiger partial charge in [-0.05, 0) is 39.0 Å². The molecule has 0 radical (unpaired) electrons. The van der Waals surface area contributed by atoms with Crippen molar-refractivity contribution < 1.29 is 19.0 Å². The number of carbonyl (C=O) groups is 1. The molecule has 21 heavy (non-hydrogen) atoms. The zero-order valence-corrected chi connectivity index (χ0v) is 13.1. The third-order valence-electron chi connectivity index (χ3n) is 2.30. The maximum absolute atomic E-state index is 11.8. The average molecular weight is 291 g/mol. The van der Waals surface area contributed by atoms with E-state index in [4.69, 9.17) is 14.2 Å². The monoisotopic (exact) mass is 291 g/mol. The van der Waals surface area contributed by atoms with Crippen molar-refractivity contribution in [3.63, 3.8) is 0 Å². The molecule has 0 aromatic heterocycles. The van der Waals surface area contributed by atoms with Crippen LogP contribution in [0.1, 0.15) is 26.3 Å². The van der Waals surface area contributed by atoms with Crippen molar-refractivity contribution in [2.75, 3.05) is 26.1 Å². The number of carbonyl (C=O) groups excluding carboxylic acids is 1. The Morgan fingerprint density at radius 2 is 2.00 bits per heavy atom. The molecule has 0 aliphatic heterocycles. The van der Waals surface area contributed by atoms with E-state index in [0.29, 0.717) is 23.6 Å². The molecule has 1 N–H and O–H groups in total. The molecule has 0 bridgehead atoms. The molecular formula is C16H21NO4. The zero-order valence-electron chi connectivity index (χ0n) is 13.1. The van der Waals surface area contributed by atoms with E-state index in [9.17, 15) is 4.79 Å². The number of hydrogen-bond acceptors (Lipinski definition) is 4. The topological polar surface area (TPSA) is 56.8 Å². The first kappa shape index (κ1) is 16.9. The first-order valence-electron chi connectivity index (χ1n) is 6.51. The van der Waals surface area contributed by atoms with Crippen molar-refractivity contribution in [2.24, 2.45) is 0 Å². The van der Waals surface area contributed by atoms with Gasteiger partial charge in [0.25, 0.3) is 0 Å². The van der Waals surface area contributed by atoms with E-state index in [1.54, 1.807) is 53.2 Å². The normalized spacial score (nSPS) is 10.3. The molecule has 114 valence electrons. The molecular weight excluding hydrogens is 270 g/mol. The van der Waals surface area contributed by atoms with E-state index in [2.05, 4.69) is 17.2 Å². The summed E-state index contributed by atoms with van der Waals surface area (Å²) < 4.78 is 15.3. The second kappa shape index (κ2) is 7.55. The van der Waals surface area contributed by atoms with E-state index in [0.717, 1.165) is 0 Å². The van der Waals surface area contributed by atoms with Crippen molar-refractivity contribution in [2.45, 2.75) is 26.4 Å². The quantitative estimate of drug-likeness (QED) is 0.870. The van der Waals surface area contributed by atoms with Gasteiger partial charge in [-0.1, -0.05) is 11.8 Å². The first-order valence-corrected chi connectivity index (χ1v) is 6.51. The summed E-state index contributed by atoms with van der Waals surface area (Å²) in [5, 5.41) is 2.69. The van der Waals surface area contributed by atoms with Gasteiger partial charge >= 0.3 is 6.09 Å². The highest BCUT2D eigenvalue weighted by Crippen LogP contribution is 2.22. The van der Waals surface area contributed by atoms with E-state index >= 15 is 0 Å². The van der Waals surface area contributed by atoms with E-state index < -0.39 is 11.7 Å². The highest BCUT2D eigenvalue weighted by Gasteiger charge is 2.17. The Bertz CT molecular complexity index is 550. The van der Waals surface area contributed by atoms with Crippen molar-refractivity contribution in [1.82, 2.24) is 0 Å². The molecule has 5 nitrogen and oxygen atoms in total. The number of benzene rings is 1. The predicted octanol–water partition coefficient (Wildman–Crippen LogP) is 3.04. The fourth-order valence-electron chi connectivity index (χ4n) is 1.48. The second-order valence-electron chi connectivity index (χ2n) is 5.27. The molecule has 1 amide bonds. The number of anilines is 1. The van der Waals surface area contributed by atoms with Gasteiger partial charge in [-0.2, -0.15) is 0 Å². The molecule has 5 heteroatoms. The average Bonchev–Trinajstić information content (AvgIpc) is 2.38. The first-order chi connectivity index (χ1) is 9.85. The molecule has 0 fully saturated rings. The highest BCUT2D eigenvalue weighted by molar-refractivity contribution is 5.87. The van der Waals surface area contributed by atoms with Crippen LogP contribution in [0.2, 0.25) is 0 Å². The summed E-state index contributed by atoms with van der Waals surface area (Å²) in [6.45, 7) is 5.73. The lowest BCUT2D eigenvalue weighted by atomic mass is 10.1. The molecule has 0 saturated heterocycles. The Morgan fingerprint density at radius 1 is 1.29 bits per heavy atom. The van der Waals surface area contributed by atoms with Gasteiger partial charge < -0.3 is 14.2 Å².